The van der Waals surface area contributed by atoms with Crippen molar-refractivity contribution in [2.75, 3.05) is 10.6 Å². The molecule has 6 nitrogen and oxygen atoms in total. The van der Waals surface area contributed by atoms with Crippen LogP contribution < -0.4 is 10.6 Å². The molecule has 2 aliphatic heterocycles. The normalized spacial score (nSPS) is 16.4. The SMILES string of the molecule is CC(=O)c1cccc2c1C(=O)C(=O)N2.CC(=O)c1cccc2c1C(C)C(=S)N2. The molecule has 0 bridgehead atoms. The predicted molar refractivity (Wildman–Crippen MR) is 110 cm³/mol. The second-order valence-electron chi connectivity index (χ2n) is 6.60. The Hall–Kier alpha value is -3.19. The van der Waals surface area contributed by atoms with Crippen molar-refractivity contribution in [1.29, 1.82) is 0 Å². The summed E-state index contributed by atoms with van der Waals surface area (Å²) >= 11 is 5.17. The van der Waals surface area contributed by atoms with Gasteiger partial charge in [-0.05, 0) is 31.5 Å². The van der Waals surface area contributed by atoms with Crippen LogP contribution in [0.15, 0.2) is 36.4 Å². The highest BCUT2D eigenvalue weighted by Crippen LogP contribution is 2.35. The van der Waals surface area contributed by atoms with Crippen molar-refractivity contribution in [2.24, 2.45) is 0 Å². The molecule has 2 aromatic rings. The number of hydrogen-bond donors (Lipinski definition) is 2. The second kappa shape index (κ2) is 7.44. The summed E-state index contributed by atoms with van der Waals surface area (Å²) in [5.41, 5.74) is 3.73. The Balaban J connectivity index is 0.000000161. The van der Waals surface area contributed by atoms with Gasteiger partial charge < -0.3 is 10.6 Å². The first kappa shape index (κ1) is 19.6. The number of nitrogens with one attached hydrogen (secondary N) is 2. The molecule has 0 aliphatic carbocycles. The summed E-state index contributed by atoms with van der Waals surface area (Å²) in [6.07, 6.45) is 0. The lowest BCUT2D eigenvalue weighted by molar-refractivity contribution is -0.112. The summed E-state index contributed by atoms with van der Waals surface area (Å²) in [4.78, 5) is 45.7. The molecule has 2 aromatic carbocycles. The molecule has 0 aromatic heterocycles. The van der Waals surface area contributed by atoms with Gasteiger partial charge in [0, 0.05) is 22.7 Å². The van der Waals surface area contributed by atoms with Gasteiger partial charge in [0.05, 0.1) is 16.2 Å². The van der Waals surface area contributed by atoms with Crippen LogP contribution in [0, 0.1) is 0 Å². The molecule has 0 radical (unpaired) electrons. The van der Waals surface area contributed by atoms with Crippen LogP contribution in [0.1, 0.15) is 63.3 Å². The Morgan fingerprint density at radius 3 is 2.07 bits per heavy atom. The van der Waals surface area contributed by atoms with Crippen LogP contribution in [0.2, 0.25) is 0 Å². The number of ketones is 3. The van der Waals surface area contributed by atoms with Crippen molar-refractivity contribution in [1.82, 2.24) is 0 Å². The Morgan fingerprint density at radius 2 is 1.46 bits per heavy atom. The van der Waals surface area contributed by atoms with E-state index in [0.29, 0.717) is 11.3 Å². The lowest BCUT2D eigenvalue weighted by Crippen LogP contribution is -2.13. The summed E-state index contributed by atoms with van der Waals surface area (Å²) in [7, 11) is 0. The van der Waals surface area contributed by atoms with E-state index in [2.05, 4.69) is 10.6 Å². The number of anilines is 2. The molecule has 142 valence electrons. The molecule has 2 aliphatic rings. The molecule has 0 fully saturated rings. The van der Waals surface area contributed by atoms with Crippen molar-refractivity contribution >= 4 is 51.8 Å². The van der Waals surface area contributed by atoms with Crippen molar-refractivity contribution in [3.8, 4) is 0 Å². The average molecular weight is 394 g/mol. The minimum Gasteiger partial charge on any atom is -0.349 e. The van der Waals surface area contributed by atoms with Gasteiger partial charge >= 0.3 is 0 Å². The van der Waals surface area contributed by atoms with Crippen molar-refractivity contribution in [3.63, 3.8) is 0 Å². The molecule has 0 saturated heterocycles. The largest absolute Gasteiger partial charge is 0.349 e. The highest BCUT2D eigenvalue weighted by molar-refractivity contribution is 7.80. The number of benzene rings is 2. The molecule has 1 amide bonds. The maximum absolute atomic E-state index is 11.4. The van der Waals surface area contributed by atoms with Gasteiger partial charge in [0.1, 0.15) is 0 Å². The summed E-state index contributed by atoms with van der Waals surface area (Å²) in [5, 5.41) is 5.52. The zero-order valence-corrected chi connectivity index (χ0v) is 16.4. The van der Waals surface area contributed by atoms with E-state index in [-0.39, 0.29) is 23.0 Å². The predicted octanol–water partition coefficient (Wildman–Crippen LogP) is 3.77. The Kier molecular flexibility index (Phi) is 5.20. The van der Waals surface area contributed by atoms with Crippen LogP contribution >= 0.6 is 12.2 Å². The fourth-order valence-electron chi connectivity index (χ4n) is 3.31. The minimum atomic E-state index is -0.673. The average Bonchev–Trinajstić information content (AvgIpc) is 3.11. The smallest absolute Gasteiger partial charge is 0.296 e. The van der Waals surface area contributed by atoms with E-state index in [1.807, 2.05) is 25.1 Å². The van der Waals surface area contributed by atoms with Crippen LogP contribution in [0.3, 0.4) is 0 Å². The molecule has 0 spiro atoms. The minimum absolute atomic E-state index is 0.0974. The van der Waals surface area contributed by atoms with E-state index in [0.717, 1.165) is 21.8 Å². The quantitative estimate of drug-likeness (QED) is 0.458. The molecular weight excluding hydrogens is 376 g/mol. The van der Waals surface area contributed by atoms with Gasteiger partial charge in [-0.2, -0.15) is 0 Å². The van der Waals surface area contributed by atoms with Crippen molar-refractivity contribution in [2.45, 2.75) is 26.7 Å². The van der Waals surface area contributed by atoms with Crippen molar-refractivity contribution in [3.05, 3.63) is 58.7 Å². The number of rotatable bonds is 2. The molecule has 1 unspecified atom stereocenters. The summed E-state index contributed by atoms with van der Waals surface area (Å²) in [6.45, 7) is 4.98. The summed E-state index contributed by atoms with van der Waals surface area (Å²) < 4.78 is 0. The van der Waals surface area contributed by atoms with Crippen LogP contribution in [0.4, 0.5) is 11.4 Å². The standard InChI is InChI=1S/C11H11NOS.C10H7NO3/c1-6-10-8(7(2)13)4-3-5-9(10)12-11(6)14;1-5(12)6-3-2-4-7-8(6)9(13)10(14)11-7/h3-6H,1-2H3,(H,12,14);2-4H,1H3,(H,11,13,14). The third-order valence-electron chi connectivity index (χ3n) is 4.69. The summed E-state index contributed by atoms with van der Waals surface area (Å²) in [6, 6.07) is 10.5. The van der Waals surface area contributed by atoms with E-state index in [4.69, 9.17) is 12.2 Å². The van der Waals surface area contributed by atoms with Gasteiger partial charge in [-0.1, -0.05) is 43.4 Å². The van der Waals surface area contributed by atoms with E-state index in [9.17, 15) is 19.2 Å². The lowest BCUT2D eigenvalue weighted by Gasteiger charge is -2.06. The second-order valence-corrected chi connectivity index (χ2v) is 7.04. The van der Waals surface area contributed by atoms with Crippen LogP contribution in [0.5, 0.6) is 0 Å². The van der Waals surface area contributed by atoms with Gasteiger partial charge in [0.2, 0.25) is 0 Å². The van der Waals surface area contributed by atoms with E-state index < -0.39 is 11.7 Å². The van der Waals surface area contributed by atoms with E-state index in [1.165, 1.54) is 6.92 Å². The number of carbonyl (C=O) groups excluding carboxylic acids is 4. The van der Waals surface area contributed by atoms with Crippen LogP contribution in [0.25, 0.3) is 0 Å². The highest BCUT2D eigenvalue weighted by atomic mass is 32.1. The first-order valence-corrected chi connectivity index (χ1v) is 9.07. The Bertz CT molecular complexity index is 1060. The Morgan fingerprint density at radius 1 is 0.893 bits per heavy atom. The van der Waals surface area contributed by atoms with Crippen LogP contribution in [-0.4, -0.2) is 28.2 Å². The zero-order chi connectivity index (χ0) is 20.6. The molecule has 28 heavy (non-hydrogen) atoms. The number of fused-ring (bicyclic) bond motifs is 2. The highest BCUT2D eigenvalue weighted by Gasteiger charge is 2.31. The molecule has 7 heteroatoms. The number of amides is 1. The van der Waals surface area contributed by atoms with Crippen LogP contribution in [-0.2, 0) is 4.79 Å². The van der Waals surface area contributed by atoms with E-state index >= 15 is 0 Å². The van der Waals surface area contributed by atoms with Gasteiger partial charge in [-0.25, -0.2) is 0 Å². The number of carbonyl (C=O) groups is 4. The Labute approximate surface area is 167 Å². The van der Waals surface area contributed by atoms with E-state index in [1.54, 1.807) is 25.1 Å². The molecule has 4 rings (SSSR count). The fraction of sp³-hybridized carbons (Fsp3) is 0.190. The topological polar surface area (TPSA) is 92.3 Å². The maximum atomic E-state index is 11.4. The number of Topliss-reactive ketones (excluding diaryl/α,β-unsaturated/α-hetero) is 3. The summed E-state index contributed by atoms with van der Waals surface area (Å²) in [5.74, 6) is -1.27. The van der Waals surface area contributed by atoms with Crippen molar-refractivity contribution < 1.29 is 19.2 Å². The molecule has 2 N–H and O–H groups in total. The monoisotopic (exact) mass is 394 g/mol. The molecule has 0 saturated carbocycles. The first-order valence-electron chi connectivity index (χ1n) is 8.66. The van der Waals surface area contributed by atoms with Gasteiger partial charge in [-0.15, -0.1) is 0 Å². The molecule has 1 atom stereocenters. The van der Waals surface area contributed by atoms with Gasteiger partial charge in [-0.3, -0.25) is 19.2 Å². The third kappa shape index (κ3) is 3.36. The fourth-order valence-corrected chi connectivity index (χ4v) is 3.53. The molecular formula is C21H18N2O4S. The molecule has 2 heterocycles. The number of hydrogen-bond acceptors (Lipinski definition) is 5. The maximum Gasteiger partial charge on any atom is 0.296 e. The lowest BCUT2D eigenvalue weighted by atomic mass is 9.95. The first-order chi connectivity index (χ1) is 13.2. The zero-order valence-electron chi connectivity index (χ0n) is 15.6. The van der Waals surface area contributed by atoms with Gasteiger partial charge in [0.15, 0.2) is 11.6 Å². The number of thiocarbonyl (C=S) groups is 1. The van der Waals surface area contributed by atoms with Gasteiger partial charge in [0.25, 0.3) is 11.7 Å². The third-order valence-corrected chi connectivity index (χ3v) is 5.15.